The topological polar surface area (TPSA) is 15.3 Å². The highest BCUT2D eigenvalue weighted by molar-refractivity contribution is 4.90. The quantitative estimate of drug-likeness (QED) is 0.780. The summed E-state index contributed by atoms with van der Waals surface area (Å²) < 4.78 is 0. The summed E-state index contributed by atoms with van der Waals surface area (Å²) in [6.07, 6.45) is 3.96. The normalized spacial score (nSPS) is 28.0. The molecule has 0 bridgehead atoms. The third-order valence-corrected chi connectivity index (χ3v) is 4.31. The molecular weight excluding hydrogens is 220 g/mol. The van der Waals surface area contributed by atoms with Crippen LogP contribution in [0.4, 0.5) is 0 Å². The Bertz CT molecular complexity index is 225. The first-order valence-corrected chi connectivity index (χ1v) is 7.94. The van der Waals surface area contributed by atoms with E-state index in [2.05, 4.69) is 51.8 Å². The van der Waals surface area contributed by atoms with Crippen LogP contribution in [0, 0.1) is 11.8 Å². The summed E-state index contributed by atoms with van der Waals surface area (Å²) in [5.41, 5.74) is 0. The highest BCUT2D eigenvalue weighted by Crippen LogP contribution is 2.22. The van der Waals surface area contributed by atoms with Gasteiger partial charge in [0.1, 0.15) is 0 Å². The molecule has 0 spiro atoms. The lowest BCUT2D eigenvalue weighted by Gasteiger charge is -2.45. The highest BCUT2D eigenvalue weighted by Gasteiger charge is 2.31. The van der Waals surface area contributed by atoms with Gasteiger partial charge in [0.05, 0.1) is 0 Å². The van der Waals surface area contributed by atoms with E-state index < -0.39 is 0 Å². The number of hydrogen-bond donors (Lipinski definition) is 1. The fraction of sp³-hybridized carbons (Fsp3) is 1.00. The van der Waals surface area contributed by atoms with Gasteiger partial charge in [-0.05, 0) is 31.6 Å². The van der Waals surface area contributed by atoms with E-state index in [1.54, 1.807) is 0 Å². The molecule has 1 N–H and O–H groups in total. The standard InChI is InChI=1S/C16H34N2/c1-7-8-14(6)18-11-16(13(4)5)17-10-15(18)9-12(2)3/h12-17H,7-11H2,1-6H3. The second-order valence-corrected chi connectivity index (χ2v) is 6.88. The minimum atomic E-state index is 0.674. The Morgan fingerprint density at radius 3 is 2.33 bits per heavy atom. The third-order valence-electron chi connectivity index (χ3n) is 4.31. The molecule has 0 radical (unpaired) electrons. The molecule has 1 aliphatic rings. The second kappa shape index (κ2) is 7.49. The van der Waals surface area contributed by atoms with Crippen LogP contribution in [-0.2, 0) is 0 Å². The molecule has 1 saturated heterocycles. The van der Waals surface area contributed by atoms with Crippen LogP contribution >= 0.6 is 0 Å². The van der Waals surface area contributed by atoms with Gasteiger partial charge in [-0.1, -0.05) is 41.0 Å². The molecule has 0 aromatic rings. The first-order chi connectivity index (χ1) is 8.45. The molecule has 1 aliphatic heterocycles. The van der Waals surface area contributed by atoms with Gasteiger partial charge >= 0.3 is 0 Å². The Labute approximate surface area is 115 Å². The van der Waals surface area contributed by atoms with E-state index in [1.165, 1.54) is 32.4 Å². The number of piperazine rings is 1. The number of nitrogens with one attached hydrogen (secondary N) is 1. The molecule has 0 aromatic carbocycles. The summed E-state index contributed by atoms with van der Waals surface area (Å²) in [6, 6.07) is 2.15. The number of rotatable bonds is 6. The number of hydrogen-bond acceptors (Lipinski definition) is 2. The van der Waals surface area contributed by atoms with Crippen LogP contribution in [0.25, 0.3) is 0 Å². The molecule has 0 amide bonds. The van der Waals surface area contributed by atoms with E-state index in [0.29, 0.717) is 6.04 Å². The maximum atomic E-state index is 3.76. The molecule has 1 fully saturated rings. The Hall–Kier alpha value is -0.0800. The first kappa shape index (κ1) is 16.0. The minimum absolute atomic E-state index is 0.674. The monoisotopic (exact) mass is 254 g/mol. The lowest BCUT2D eigenvalue weighted by molar-refractivity contribution is 0.0610. The summed E-state index contributed by atoms with van der Waals surface area (Å²) in [7, 11) is 0. The van der Waals surface area contributed by atoms with Crippen LogP contribution in [0.2, 0.25) is 0 Å². The van der Waals surface area contributed by atoms with Crippen molar-refractivity contribution in [3.63, 3.8) is 0 Å². The largest absolute Gasteiger partial charge is 0.311 e. The molecule has 0 saturated carbocycles. The van der Waals surface area contributed by atoms with E-state index in [0.717, 1.165) is 23.9 Å². The zero-order valence-electron chi connectivity index (χ0n) is 13.4. The van der Waals surface area contributed by atoms with Crippen LogP contribution in [0.15, 0.2) is 0 Å². The van der Waals surface area contributed by atoms with Gasteiger partial charge in [-0.3, -0.25) is 4.90 Å². The predicted molar refractivity (Wildman–Crippen MR) is 80.9 cm³/mol. The van der Waals surface area contributed by atoms with Crippen molar-refractivity contribution in [2.75, 3.05) is 13.1 Å². The maximum absolute atomic E-state index is 3.76. The zero-order valence-corrected chi connectivity index (χ0v) is 13.4. The SMILES string of the molecule is CCCC(C)N1CC(C(C)C)NCC1CC(C)C. The van der Waals surface area contributed by atoms with Crippen LogP contribution in [0.5, 0.6) is 0 Å². The molecule has 2 nitrogen and oxygen atoms in total. The van der Waals surface area contributed by atoms with Gasteiger partial charge < -0.3 is 5.32 Å². The molecule has 1 rings (SSSR count). The van der Waals surface area contributed by atoms with Gasteiger partial charge in [-0.2, -0.15) is 0 Å². The molecular formula is C16H34N2. The van der Waals surface area contributed by atoms with Crippen LogP contribution in [0.1, 0.15) is 60.8 Å². The average Bonchev–Trinajstić information content (AvgIpc) is 2.28. The lowest BCUT2D eigenvalue weighted by atomic mass is 9.93. The Kier molecular flexibility index (Phi) is 6.65. The van der Waals surface area contributed by atoms with E-state index >= 15 is 0 Å². The van der Waals surface area contributed by atoms with Crippen molar-refractivity contribution < 1.29 is 0 Å². The fourth-order valence-electron chi connectivity index (χ4n) is 3.18. The minimum Gasteiger partial charge on any atom is -0.311 e. The fourth-order valence-corrected chi connectivity index (χ4v) is 3.18. The summed E-state index contributed by atoms with van der Waals surface area (Å²) in [6.45, 7) is 16.5. The molecule has 3 atom stereocenters. The van der Waals surface area contributed by atoms with E-state index in [-0.39, 0.29) is 0 Å². The van der Waals surface area contributed by atoms with Gasteiger partial charge in [-0.25, -0.2) is 0 Å². The van der Waals surface area contributed by atoms with Crippen molar-refractivity contribution in [3.8, 4) is 0 Å². The lowest BCUT2D eigenvalue weighted by Crippen LogP contribution is -2.60. The summed E-state index contributed by atoms with van der Waals surface area (Å²) >= 11 is 0. The van der Waals surface area contributed by atoms with Crippen molar-refractivity contribution >= 4 is 0 Å². The predicted octanol–water partition coefficient (Wildman–Crippen LogP) is 3.52. The summed E-state index contributed by atoms with van der Waals surface area (Å²) in [4.78, 5) is 2.78. The molecule has 2 heteroatoms. The van der Waals surface area contributed by atoms with Crippen molar-refractivity contribution in [1.29, 1.82) is 0 Å². The Morgan fingerprint density at radius 2 is 1.83 bits per heavy atom. The molecule has 3 unspecified atom stereocenters. The van der Waals surface area contributed by atoms with Crippen LogP contribution in [-0.4, -0.2) is 36.1 Å². The average molecular weight is 254 g/mol. The molecule has 1 heterocycles. The van der Waals surface area contributed by atoms with Crippen LogP contribution in [0.3, 0.4) is 0 Å². The molecule has 18 heavy (non-hydrogen) atoms. The van der Waals surface area contributed by atoms with Gasteiger partial charge in [0.2, 0.25) is 0 Å². The van der Waals surface area contributed by atoms with Gasteiger partial charge in [-0.15, -0.1) is 0 Å². The maximum Gasteiger partial charge on any atom is 0.0226 e. The summed E-state index contributed by atoms with van der Waals surface area (Å²) in [5.74, 6) is 1.53. The smallest absolute Gasteiger partial charge is 0.0226 e. The molecule has 108 valence electrons. The molecule has 0 aromatic heterocycles. The van der Waals surface area contributed by atoms with Crippen molar-refractivity contribution in [1.82, 2.24) is 10.2 Å². The van der Waals surface area contributed by atoms with Gasteiger partial charge in [0, 0.05) is 31.2 Å². The number of nitrogens with zero attached hydrogens (tertiary/aromatic N) is 1. The Morgan fingerprint density at radius 1 is 1.17 bits per heavy atom. The zero-order chi connectivity index (χ0) is 13.7. The van der Waals surface area contributed by atoms with E-state index in [1.807, 2.05) is 0 Å². The Balaban J connectivity index is 2.66. The van der Waals surface area contributed by atoms with Crippen molar-refractivity contribution in [3.05, 3.63) is 0 Å². The third kappa shape index (κ3) is 4.55. The van der Waals surface area contributed by atoms with Crippen molar-refractivity contribution in [2.45, 2.75) is 78.9 Å². The van der Waals surface area contributed by atoms with Crippen molar-refractivity contribution in [2.24, 2.45) is 11.8 Å². The molecule has 0 aliphatic carbocycles. The van der Waals surface area contributed by atoms with Gasteiger partial charge in [0.15, 0.2) is 0 Å². The second-order valence-electron chi connectivity index (χ2n) is 6.88. The van der Waals surface area contributed by atoms with Gasteiger partial charge in [0.25, 0.3) is 0 Å². The highest BCUT2D eigenvalue weighted by atomic mass is 15.3. The van der Waals surface area contributed by atoms with E-state index in [9.17, 15) is 0 Å². The first-order valence-electron chi connectivity index (χ1n) is 7.94. The van der Waals surface area contributed by atoms with E-state index in [4.69, 9.17) is 0 Å². The summed E-state index contributed by atoms with van der Waals surface area (Å²) in [5, 5.41) is 3.76. The van der Waals surface area contributed by atoms with Crippen LogP contribution < -0.4 is 5.32 Å².